The van der Waals surface area contributed by atoms with Crippen LogP contribution in [-0.4, -0.2) is 66.0 Å². The fraction of sp³-hybridized carbons (Fsp3) is 0.562. The highest BCUT2D eigenvalue weighted by atomic mass is 16.2. The normalized spacial score (nSPS) is 24.4. The number of urea groups is 1. The fourth-order valence-electron chi connectivity index (χ4n) is 3.40. The van der Waals surface area contributed by atoms with Crippen molar-refractivity contribution in [2.24, 2.45) is 5.73 Å². The summed E-state index contributed by atoms with van der Waals surface area (Å²) in [5, 5.41) is 0. The maximum Gasteiger partial charge on any atom is 0.314 e. The number of amides is 2. The van der Waals surface area contributed by atoms with E-state index in [-0.39, 0.29) is 6.03 Å². The van der Waals surface area contributed by atoms with Gasteiger partial charge in [-0.2, -0.15) is 0 Å². The van der Waals surface area contributed by atoms with Gasteiger partial charge in [-0.15, -0.1) is 0 Å². The topological polar surface area (TPSA) is 52.8 Å². The summed E-state index contributed by atoms with van der Waals surface area (Å²) in [6.07, 6.45) is 1.23. The van der Waals surface area contributed by atoms with E-state index in [1.165, 1.54) is 12.0 Å². The minimum atomic E-state index is -0.285. The number of benzene rings is 1. The van der Waals surface area contributed by atoms with Crippen molar-refractivity contribution in [2.75, 3.05) is 39.3 Å². The lowest BCUT2D eigenvalue weighted by Crippen LogP contribution is -2.53. The third-order valence-electron chi connectivity index (χ3n) is 4.64. The quantitative estimate of drug-likeness (QED) is 0.901. The number of primary amides is 1. The average molecular weight is 288 g/mol. The third-order valence-corrected chi connectivity index (χ3v) is 4.64. The monoisotopic (exact) mass is 288 g/mol. The van der Waals surface area contributed by atoms with Gasteiger partial charge in [0.1, 0.15) is 0 Å². The number of nitrogens with two attached hydrogens (primary N) is 1. The van der Waals surface area contributed by atoms with Crippen molar-refractivity contribution in [1.29, 1.82) is 0 Å². The summed E-state index contributed by atoms with van der Waals surface area (Å²) in [6.45, 7) is 6.77. The van der Waals surface area contributed by atoms with Gasteiger partial charge in [-0.25, -0.2) is 4.79 Å². The van der Waals surface area contributed by atoms with E-state index in [1.807, 2.05) is 0 Å². The van der Waals surface area contributed by atoms with E-state index in [1.54, 1.807) is 4.90 Å². The van der Waals surface area contributed by atoms with Crippen LogP contribution < -0.4 is 5.73 Å². The van der Waals surface area contributed by atoms with E-state index in [0.29, 0.717) is 6.04 Å². The molecular weight excluding hydrogens is 264 g/mol. The van der Waals surface area contributed by atoms with Crippen LogP contribution >= 0.6 is 0 Å². The van der Waals surface area contributed by atoms with E-state index in [0.717, 1.165) is 45.8 Å². The second-order valence-electron chi connectivity index (χ2n) is 6.02. The van der Waals surface area contributed by atoms with E-state index >= 15 is 0 Å². The van der Waals surface area contributed by atoms with E-state index in [9.17, 15) is 4.79 Å². The Kier molecular flexibility index (Phi) is 4.41. The Bertz CT molecular complexity index is 470. The van der Waals surface area contributed by atoms with Gasteiger partial charge >= 0.3 is 6.03 Å². The molecular formula is C16H24N4O. The molecule has 114 valence electrons. The molecule has 1 aromatic carbocycles. The van der Waals surface area contributed by atoms with Gasteiger partial charge in [0.05, 0.1) is 0 Å². The highest BCUT2D eigenvalue weighted by Gasteiger charge is 2.30. The third kappa shape index (κ3) is 3.54. The molecule has 0 spiro atoms. The van der Waals surface area contributed by atoms with Crippen molar-refractivity contribution in [2.45, 2.75) is 19.0 Å². The van der Waals surface area contributed by atoms with E-state index in [4.69, 9.17) is 5.73 Å². The van der Waals surface area contributed by atoms with Crippen LogP contribution in [0.15, 0.2) is 30.3 Å². The summed E-state index contributed by atoms with van der Waals surface area (Å²) in [5.74, 6) is 0. The highest BCUT2D eigenvalue weighted by molar-refractivity contribution is 5.72. The number of carbonyl (C=O) groups excluding carboxylic acids is 1. The lowest BCUT2D eigenvalue weighted by Gasteiger charge is -2.37. The summed E-state index contributed by atoms with van der Waals surface area (Å²) in [4.78, 5) is 17.9. The summed E-state index contributed by atoms with van der Waals surface area (Å²) >= 11 is 0. The van der Waals surface area contributed by atoms with Crippen molar-refractivity contribution >= 4 is 6.03 Å². The molecule has 2 amide bonds. The minimum absolute atomic E-state index is 0.285. The van der Waals surface area contributed by atoms with Crippen LogP contribution in [0.4, 0.5) is 4.79 Å². The smallest absolute Gasteiger partial charge is 0.314 e. The van der Waals surface area contributed by atoms with Crippen molar-refractivity contribution in [1.82, 2.24) is 14.7 Å². The number of rotatable bonds is 3. The first-order valence-corrected chi connectivity index (χ1v) is 7.77. The van der Waals surface area contributed by atoms with Gasteiger partial charge in [-0.1, -0.05) is 30.3 Å². The van der Waals surface area contributed by atoms with Crippen LogP contribution in [0, 0.1) is 0 Å². The largest absolute Gasteiger partial charge is 0.351 e. The predicted molar refractivity (Wildman–Crippen MR) is 82.9 cm³/mol. The van der Waals surface area contributed by atoms with E-state index < -0.39 is 0 Å². The minimum Gasteiger partial charge on any atom is -0.351 e. The molecule has 2 heterocycles. The van der Waals surface area contributed by atoms with Crippen LogP contribution in [0.3, 0.4) is 0 Å². The van der Waals surface area contributed by atoms with Gasteiger partial charge in [-0.3, -0.25) is 9.80 Å². The summed E-state index contributed by atoms with van der Waals surface area (Å²) in [5.41, 5.74) is 6.72. The molecule has 0 aromatic heterocycles. The Morgan fingerprint density at radius 3 is 2.48 bits per heavy atom. The van der Waals surface area contributed by atoms with E-state index in [2.05, 4.69) is 40.1 Å². The maximum absolute atomic E-state index is 11.2. The number of carbonyl (C=O) groups is 1. The van der Waals surface area contributed by atoms with Crippen molar-refractivity contribution in [3.63, 3.8) is 0 Å². The number of hydrogen-bond acceptors (Lipinski definition) is 3. The van der Waals surface area contributed by atoms with Crippen molar-refractivity contribution in [3.05, 3.63) is 35.9 Å². The summed E-state index contributed by atoms with van der Waals surface area (Å²) < 4.78 is 0. The molecule has 0 aliphatic carbocycles. The second-order valence-corrected chi connectivity index (χ2v) is 6.02. The predicted octanol–water partition coefficient (Wildman–Crippen LogP) is 0.957. The number of likely N-dealkylation sites (tertiary alicyclic amines) is 1. The molecule has 3 rings (SSSR count). The molecule has 2 fully saturated rings. The second kappa shape index (κ2) is 6.45. The Balaban J connectivity index is 1.48. The van der Waals surface area contributed by atoms with Crippen LogP contribution in [0.25, 0.3) is 0 Å². The molecule has 1 aromatic rings. The Morgan fingerprint density at radius 2 is 1.81 bits per heavy atom. The molecule has 2 N–H and O–H groups in total. The van der Waals surface area contributed by atoms with Crippen LogP contribution in [-0.2, 0) is 6.54 Å². The molecule has 5 nitrogen and oxygen atoms in total. The van der Waals surface area contributed by atoms with Gasteiger partial charge in [0.25, 0.3) is 0 Å². The van der Waals surface area contributed by atoms with Crippen LogP contribution in [0.2, 0.25) is 0 Å². The standard InChI is InChI=1S/C16H24N4O/c17-16(21)20-10-8-19(9-11-20)15-6-7-18(13-15)12-14-4-2-1-3-5-14/h1-5,15H,6-13H2,(H2,17,21). The molecule has 0 bridgehead atoms. The molecule has 2 aliphatic heterocycles. The zero-order valence-electron chi connectivity index (χ0n) is 12.4. The Morgan fingerprint density at radius 1 is 1.10 bits per heavy atom. The highest BCUT2D eigenvalue weighted by Crippen LogP contribution is 2.19. The lowest BCUT2D eigenvalue weighted by molar-refractivity contribution is 0.112. The summed E-state index contributed by atoms with van der Waals surface area (Å²) in [7, 11) is 0. The van der Waals surface area contributed by atoms with Gasteiger partial charge in [-0.05, 0) is 12.0 Å². The van der Waals surface area contributed by atoms with Gasteiger partial charge in [0, 0.05) is 51.9 Å². The molecule has 2 saturated heterocycles. The molecule has 2 aliphatic rings. The number of nitrogens with zero attached hydrogens (tertiary/aromatic N) is 3. The maximum atomic E-state index is 11.2. The van der Waals surface area contributed by atoms with Crippen LogP contribution in [0.1, 0.15) is 12.0 Å². The first-order chi connectivity index (χ1) is 10.2. The summed E-state index contributed by atoms with van der Waals surface area (Å²) in [6, 6.07) is 11.0. The Labute approximate surface area is 126 Å². The molecule has 1 unspecified atom stereocenters. The fourth-order valence-corrected chi connectivity index (χ4v) is 3.40. The first-order valence-electron chi connectivity index (χ1n) is 7.77. The molecule has 21 heavy (non-hydrogen) atoms. The van der Waals surface area contributed by atoms with Gasteiger partial charge < -0.3 is 10.6 Å². The van der Waals surface area contributed by atoms with Crippen LogP contribution in [0.5, 0.6) is 0 Å². The molecule has 0 radical (unpaired) electrons. The molecule has 0 saturated carbocycles. The number of piperazine rings is 1. The van der Waals surface area contributed by atoms with Crippen molar-refractivity contribution in [3.8, 4) is 0 Å². The van der Waals surface area contributed by atoms with Crippen molar-refractivity contribution < 1.29 is 4.79 Å². The zero-order valence-corrected chi connectivity index (χ0v) is 12.4. The Hall–Kier alpha value is -1.59. The average Bonchev–Trinajstić information content (AvgIpc) is 2.97. The zero-order chi connectivity index (χ0) is 14.7. The van der Waals surface area contributed by atoms with Gasteiger partial charge in [0.15, 0.2) is 0 Å². The SMILES string of the molecule is NC(=O)N1CCN(C2CCN(Cc3ccccc3)C2)CC1. The first kappa shape index (κ1) is 14.4. The lowest BCUT2D eigenvalue weighted by atomic mass is 10.2. The molecule has 5 heteroatoms. The number of hydrogen-bond donors (Lipinski definition) is 1. The molecule has 1 atom stereocenters. The van der Waals surface area contributed by atoms with Gasteiger partial charge in [0.2, 0.25) is 0 Å².